The second kappa shape index (κ2) is 29.7. The van der Waals surface area contributed by atoms with Crippen LogP contribution in [0.25, 0.3) is 11.4 Å². The van der Waals surface area contributed by atoms with Crippen LogP contribution in [-0.4, -0.2) is 65.1 Å². The first-order valence-corrected chi connectivity index (χ1v) is 31.0. The summed E-state index contributed by atoms with van der Waals surface area (Å²) in [6.45, 7) is 12.2. The molecule has 488 valence electrons. The Morgan fingerprint density at radius 1 is 0.554 bits per heavy atom. The zero-order chi connectivity index (χ0) is 67.6. The number of amides is 2. The van der Waals surface area contributed by atoms with E-state index >= 15 is 4.39 Å². The minimum atomic E-state index is -4.90. The van der Waals surface area contributed by atoms with Crippen LogP contribution in [0.1, 0.15) is 87.2 Å². The zero-order valence-electron chi connectivity index (χ0n) is 50.1. The predicted molar refractivity (Wildman–Crippen MR) is 333 cm³/mol. The molecule has 4 heterocycles. The maximum absolute atomic E-state index is 15.0. The molecule has 8 N–H and O–H groups in total. The van der Waals surface area contributed by atoms with Gasteiger partial charge in [-0.15, -0.1) is 0 Å². The largest absolute Gasteiger partial charge is 0.493 e. The molecule has 0 aliphatic carbocycles. The number of phosphoric acid groups is 2. The number of anilines is 4. The highest BCUT2D eigenvalue weighted by molar-refractivity contribution is 7.48. The third-order valence-corrected chi connectivity index (χ3v) is 15.1. The van der Waals surface area contributed by atoms with Gasteiger partial charge in [0.15, 0.2) is 34.6 Å². The summed E-state index contributed by atoms with van der Waals surface area (Å²) >= 11 is 12.1. The molecular weight excluding hydrogens is 1300 g/mol. The smallest absolute Gasteiger partial charge is 0.476 e. The molecule has 0 unspecified atom stereocenters. The highest BCUT2D eigenvalue weighted by Gasteiger charge is 2.38. The lowest BCUT2D eigenvalue weighted by Gasteiger charge is -2.31. The van der Waals surface area contributed by atoms with E-state index in [1.165, 1.54) is 91.5 Å². The van der Waals surface area contributed by atoms with Crippen LogP contribution in [0.2, 0.25) is 10.0 Å². The van der Waals surface area contributed by atoms with Crippen molar-refractivity contribution in [3.05, 3.63) is 198 Å². The van der Waals surface area contributed by atoms with E-state index in [0.717, 1.165) is 39.5 Å². The normalized spacial score (nSPS) is 11.7. The predicted octanol–water partition coefficient (Wildman–Crippen LogP) is 13.2. The van der Waals surface area contributed by atoms with Crippen molar-refractivity contribution in [2.24, 2.45) is 0 Å². The Morgan fingerprint density at radius 2 is 0.946 bits per heavy atom. The summed E-state index contributed by atoms with van der Waals surface area (Å²) in [5.41, 5.74) is 6.78. The molecule has 0 radical (unpaired) electrons. The van der Waals surface area contributed by atoms with E-state index in [9.17, 15) is 41.5 Å². The van der Waals surface area contributed by atoms with Crippen LogP contribution >= 0.6 is 38.8 Å². The Bertz CT molecular complexity index is 4280. The Labute approximate surface area is 532 Å². The number of halogens is 6. The number of nitrogens with one attached hydrogen (secondary N) is 2. The Morgan fingerprint density at radius 3 is 1.30 bits per heavy atom. The topological polar surface area (TPSA) is 328 Å². The van der Waals surface area contributed by atoms with E-state index in [4.69, 9.17) is 77.0 Å². The standard InChI is InChI=1S/C34H38ClF2N4O8P.C26H22ClF2N4O8P/c1-8-45-26-14-16-41(22-10-11-23(36)20(17-22)19-46-50(44,48-33(2,3)4)49-34(5,6)7)32(43)28(26)31(42)40-21-9-12-25(24(37)18-21)47-27-13-15-39-30(38)29(27)35;1-2-39-20-8-10-33(16-4-5-17(28)14(11-16)13-40-42(36,37)38)26(35)22(20)25(34)32-15-3-6-19(18(29)12-15)41-21-7-9-31-24(30)23(21)27/h9-18H,8,19H2,1-7H3,(H2,38,39)(H,40,42);3-12H,2,13H2,1H3,(H2,30,31)(H,32,34)(H2,36,37,38). The molecule has 8 aromatic rings. The lowest BCUT2D eigenvalue weighted by molar-refractivity contribution is 0.000546. The third-order valence-electron chi connectivity index (χ3n) is 11.9. The third kappa shape index (κ3) is 18.7. The fraction of sp³-hybridized carbons (Fsp3) is 0.233. The molecule has 4 aromatic carbocycles. The summed E-state index contributed by atoms with van der Waals surface area (Å²) in [6, 6.07) is 19.7. The van der Waals surface area contributed by atoms with Crippen molar-refractivity contribution in [3.8, 4) is 45.9 Å². The van der Waals surface area contributed by atoms with E-state index in [1.807, 2.05) is 0 Å². The molecule has 92 heavy (non-hydrogen) atoms. The van der Waals surface area contributed by atoms with Crippen LogP contribution in [0, 0.1) is 23.3 Å². The first-order valence-electron chi connectivity index (χ1n) is 27.2. The SMILES string of the molecule is CCOc1ccn(-c2ccc(F)c(COP(=O)(O)O)c2)c(=O)c1C(=O)Nc1ccc(Oc2ccnc(N)c2Cl)c(F)c1.CCOc1ccn(-c2ccc(F)c(COP(=O)(OC(C)(C)C)OC(C)(C)C)c2)c(=O)c1C(=O)Nc1ccc(Oc2ccnc(N)c2Cl)c(F)c1. The summed E-state index contributed by atoms with van der Waals surface area (Å²) in [7, 11) is -9.09. The number of aromatic nitrogens is 4. The first kappa shape index (κ1) is 70.8. The van der Waals surface area contributed by atoms with Crippen LogP contribution in [0.3, 0.4) is 0 Å². The van der Waals surface area contributed by atoms with E-state index in [-0.39, 0.29) is 103 Å². The van der Waals surface area contributed by atoms with Gasteiger partial charge in [-0.3, -0.25) is 46.4 Å². The second-order valence-electron chi connectivity index (χ2n) is 21.2. The molecule has 0 fully saturated rings. The van der Waals surface area contributed by atoms with Gasteiger partial charge in [-0.05, 0) is 128 Å². The van der Waals surface area contributed by atoms with Crippen LogP contribution in [0.15, 0.2) is 131 Å². The maximum Gasteiger partial charge on any atom is 0.476 e. The highest BCUT2D eigenvalue weighted by Crippen LogP contribution is 2.56. The summed E-state index contributed by atoms with van der Waals surface area (Å²) in [4.78, 5) is 79.5. The molecule has 4 aromatic heterocycles. The van der Waals surface area contributed by atoms with E-state index in [2.05, 4.69) is 25.1 Å². The molecule has 2 amide bonds. The summed E-state index contributed by atoms with van der Waals surface area (Å²) in [6.07, 6.45) is 5.29. The molecule has 24 nitrogen and oxygen atoms in total. The van der Waals surface area contributed by atoms with Gasteiger partial charge in [-0.1, -0.05) is 23.2 Å². The number of hydrogen-bond acceptors (Lipinski definition) is 18. The van der Waals surface area contributed by atoms with Crippen molar-refractivity contribution < 1.29 is 83.1 Å². The summed E-state index contributed by atoms with van der Waals surface area (Å²) in [5.74, 6) is -5.56. The van der Waals surface area contributed by atoms with Crippen LogP contribution < -0.4 is 52.2 Å². The number of nitrogen functional groups attached to an aromatic ring is 2. The average molecular weight is 1360 g/mol. The fourth-order valence-electron chi connectivity index (χ4n) is 8.09. The molecule has 0 aliphatic rings. The summed E-state index contributed by atoms with van der Waals surface area (Å²) in [5, 5.41) is 4.92. The van der Waals surface area contributed by atoms with Gasteiger partial charge in [0.05, 0.1) is 37.6 Å². The molecule has 0 saturated heterocycles. The number of rotatable bonds is 22. The Kier molecular flexibility index (Phi) is 22.9. The first-order chi connectivity index (χ1) is 43.2. The number of benzene rings is 4. The number of hydrogen-bond donors (Lipinski definition) is 6. The molecular formula is C60H60Cl2F4N8O16P2. The van der Waals surface area contributed by atoms with Crippen LogP contribution in [0.5, 0.6) is 34.5 Å². The number of ether oxygens (including phenoxy) is 4. The van der Waals surface area contributed by atoms with Crippen molar-refractivity contribution in [1.82, 2.24) is 19.1 Å². The van der Waals surface area contributed by atoms with Crippen molar-refractivity contribution in [2.75, 3.05) is 35.3 Å². The zero-order valence-corrected chi connectivity index (χ0v) is 53.4. The number of carbonyl (C=O) groups excluding carboxylic acids is 2. The van der Waals surface area contributed by atoms with Gasteiger partial charge in [0, 0.05) is 82.9 Å². The second-order valence-corrected chi connectivity index (χ2v) is 24.7. The van der Waals surface area contributed by atoms with Crippen LogP contribution in [-0.2, 0) is 40.4 Å². The van der Waals surface area contributed by atoms with Gasteiger partial charge in [-0.2, -0.15) is 0 Å². The number of nitrogens with zero attached hydrogens (tertiary/aromatic N) is 4. The number of nitrogens with two attached hydrogens (primary N) is 2. The van der Waals surface area contributed by atoms with Crippen molar-refractivity contribution >= 4 is 73.7 Å². The molecule has 8 rings (SSSR count). The Balaban J connectivity index is 0.000000265. The molecule has 0 saturated carbocycles. The summed E-state index contributed by atoms with van der Waals surface area (Å²) < 4.78 is 129. The minimum Gasteiger partial charge on any atom is -0.493 e. The van der Waals surface area contributed by atoms with E-state index in [1.54, 1.807) is 55.4 Å². The van der Waals surface area contributed by atoms with Gasteiger partial charge >= 0.3 is 15.6 Å². The van der Waals surface area contributed by atoms with Crippen LogP contribution in [0.4, 0.5) is 40.6 Å². The number of pyridine rings is 4. The van der Waals surface area contributed by atoms with E-state index in [0.29, 0.717) is 0 Å². The number of carbonyl (C=O) groups is 2. The molecule has 32 heteroatoms. The lowest BCUT2D eigenvalue weighted by atomic mass is 10.1. The van der Waals surface area contributed by atoms with Gasteiger partial charge in [0.25, 0.3) is 22.9 Å². The molecule has 0 spiro atoms. The minimum absolute atomic E-state index is 0.000474. The van der Waals surface area contributed by atoms with Crippen molar-refractivity contribution in [1.29, 1.82) is 0 Å². The molecule has 0 atom stereocenters. The molecule has 0 aliphatic heterocycles. The molecule has 0 bridgehead atoms. The average Bonchev–Trinajstić information content (AvgIpc) is 0.800. The lowest BCUT2D eigenvalue weighted by Crippen LogP contribution is -2.29. The van der Waals surface area contributed by atoms with Crippen molar-refractivity contribution in [3.63, 3.8) is 0 Å². The van der Waals surface area contributed by atoms with Crippen molar-refractivity contribution in [2.45, 2.75) is 79.8 Å². The maximum atomic E-state index is 15.0. The van der Waals surface area contributed by atoms with Gasteiger partial charge in [-0.25, -0.2) is 36.7 Å². The monoisotopic (exact) mass is 1360 g/mol. The Hall–Kier alpha value is -8.66. The van der Waals surface area contributed by atoms with E-state index < -0.39 is 97.4 Å². The fourth-order valence-corrected chi connectivity index (χ4v) is 10.5. The quantitative estimate of drug-likeness (QED) is 0.0271. The van der Waals surface area contributed by atoms with Gasteiger partial charge in [0.2, 0.25) is 0 Å². The van der Waals surface area contributed by atoms with Gasteiger partial charge < -0.3 is 50.8 Å². The van der Waals surface area contributed by atoms with Gasteiger partial charge in [0.1, 0.15) is 55.9 Å². The highest BCUT2D eigenvalue weighted by atomic mass is 35.5. The number of phosphoric ester groups is 2.